The molecule has 1 N–H and O–H groups in total. The van der Waals surface area contributed by atoms with Crippen molar-refractivity contribution in [3.05, 3.63) is 30.0 Å². The molecule has 0 saturated carbocycles. The van der Waals surface area contributed by atoms with Gasteiger partial charge in [0.05, 0.1) is 11.2 Å². The highest BCUT2D eigenvalue weighted by molar-refractivity contribution is 5.81. The lowest BCUT2D eigenvalue weighted by atomic mass is 9.71. The van der Waals surface area contributed by atoms with Crippen LogP contribution in [0.3, 0.4) is 0 Å². The molecule has 1 aromatic heterocycles. The fourth-order valence-electron chi connectivity index (χ4n) is 3.46. The van der Waals surface area contributed by atoms with Gasteiger partial charge in [0.2, 0.25) is 0 Å². The Hall–Kier alpha value is -1.35. The largest absolute Gasteiger partial charge is 0.316 e. The lowest BCUT2D eigenvalue weighted by Crippen LogP contribution is -2.55. The first-order chi connectivity index (χ1) is 9.10. The fraction of sp³-hybridized carbons (Fsp3) is 0.562. The van der Waals surface area contributed by atoms with E-state index in [-0.39, 0.29) is 0 Å². The SMILES string of the molecule is CC(C)CC1(Cc2nn(C)c3ccccc23)CNC1. The third-order valence-corrected chi connectivity index (χ3v) is 4.22. The molecule has 2 heterocycles. The lowest BCUT2D eigenvalue weighted by molar-refractivity contribution is 0.130. The molecule has 0 aliphatic carbocycles. The molecule has 3 rings (SSSR count). The molecule has 1 aliphatic rings. The number of hydrogen-bond acceptors (Lipinski definition) is 2. The van der Waals surface area contributed by atoms with Gasteiger partial charge in [-0.2, -0.15) is 5.10 Å². The molecule has 0 radical (unpaired) electrons. The van der Waals surface area contributed by atoms with Crippen molar-refractivity contribution in [2.45, 2.75) is 26.7 Å². The normalized spacial score (nSPS) is 17.9. The highest BCUT2D eigenvalue weighted by Crippen LogP contribution is 2.36. The van der Waals surface area contributed by atoms with E-state index in [9.17, 15) is 0 Å². The van der Waals surface area contributed by atoms with Crippen molar-refractivity contribution in [1.29, 1.82) is 0 Å². The van der Waals surface area contributed by atoms with Crippen LogP contribution < -0.4 is 5.32 Å². The van der Waals surface area contributed by atoms with Gasteiger partial charge in [-0.15, -0.1) is 0 Å². The van der Waals surface area contributed by atoms with Crippen LogP contribution in [0.25, 0.3) is 10.9 Å². The Bertz CT molecular complexity index is 579. The van der Waals surface area contributed by atoms with Gasteiger partial charge in [-0.25, -0.2) is 0 Å². The molecule has 3 nitrogen and oxygen atoms in total. The number of nitrogens with one attached hydrogen (secondary N) is 1. The van der Waals surface area contributed by atoms with Crippen LogP contribution >= 0.6 is 0 Å². The number of para-hydroxylation sites is 1. The molecule has 2 aromatic rings. The summed E-state index contributed by atoms with van der Waals surface area (Å²) in [5.74, 6) is 0.747. The molecule has 19 heavy (non-hydrogen) atoms. The molecule has 0 atom stereocenters. The van der Waals surface area contributed by atoms with Crippen molar-refractivity contribution in [3.8, 4) is 0 Å². The maximum atomic E-state index is 4.75. The van der Waals surface area contributed by atoms with Crippen molar-refractivity contribution in [3.63, 3.8) is 0 Å². The molecule has 1 aromatic carbocycles. The zero-order chi connectivity index (χ0) is 13.5. The monoisotopic (exact) mass is 257 g/mol. The summed E-state index contributed by atoms with van der Waals surface area (Å²) in [6.07, 6.45) is 2.38. The van der Waals surface area contributed by atoms with Crippen molar-refractivity contribution >= 4 is 10.9 Å². The Morgan fingerprint density at radius 2 is 2.05 bits per heavy atom. The van der Waals surface area contributed by atoms with E-state index in [0.29, 0.717) is 5.41 Å². The fourth-order valence-corrected chi connectivity index (χ4v) is 3.46. The van der Waals surface area contributed by atoms with Crippen LogP contribution in [0.15, 0.2) is 24.3 Å². The van der Waals surface area contributed by atoms with E-state index in [4.69, 9.17) is 5.10 Å². The summed E-state index contributed by atoms with van der Waals surface area (Å²) >= 11 is 0. The number of rotatable bonds is 4. The van der Waals surface area contributed by atoms with E-state index in [0.717, 1.165) is 25.4 Å². The lowest BCUT2D eigenvalue weighted by Gasteiger charge is -2.44. The molecule has 1 saturated heterocycles. The van der Waals surface area contributed by atoms with E-state index < -0.39 is 0 Å². The first-order valence-corrected chi connectivity index (χ1v) is 7.21. The third kappa shape index (κ3) is 2.27. The molecule has 0 bridgehead atoms. The van der Waals surface area contributed by atoms with Crippen molar-refractivity contribution in [2.75, 3.05) is 13.1 Å². The van der Waals surface area contributed by atoms with Gasteiger partial charge >= 0.3 is 0 Å². The first-order valence-electron chi connectivity index (χ1n) is 7.21. The van der Waals surface area contributed by atoms with Gasteiger partial charge < -0.3 is 5.32 Å². The maximum absolute atomic E-state index is 4.75. The summed E-state index contributed by atoms with van der Waals surface area (Å²) in [5, 5.41) is 9.52. The van der Waals surface area contributed by atoms with Crippen molar-refractivity contribution < 1.29 is 0 Å². The molecule has 1 fully saturated rings. The molecular weight excluding hydrogens is 234 g/mol. The van der Waals surface area contributed by atoms with Crippen LogP contribution in [0.5, 0.6) is 0 Å². The standard InChI is InChI=1S/C16H23N3/c1-12(2)8-16(10-17-11-16)9-14-13-6-4-5-7-15(13)19(3)18-14/h4-7,12,17H,8-11H2,1-3H3. The first kappa shape index (κ1) is 12.7. The minimum atomic E-state index is 0.422. The molecule has 102 valence electrons. The number of fused-ring (bicyclic) bond motifs is 1. The number of nitrogens with zero attached hydrogens (tertiary/aromatic N) is 2. The number of aryl methyl sites for hydroxylation is 1. The summed E-state index contributed by atoms with van der Waals surface area (Å²) in [6.45, 7) is 6.90. The second-order valence-electron chi connectivity index (χ2n) is 6.47. The Kier molecular flexibility index (Phi) is 3.09. The molecule has 0 unspecified atom stereocenters. The zero-order valence-electron chi connectivity index (χ0n) is 12.1. The van der Waals surface area contributed by atoms with E-state index in [1.54, 1.807) is 0 Å². The quantitative estimate of drug-likeness (QED) is 0.912. The van der Waals surface area contributed by atoms with Crippen LogP contribution in [0.1, 0.15) is 26.0 Å². The number of hydrogen-bond donors (Lipinski definition) is 1. The predicted molar refractivity (Wildman–Crippen MR) is 79.2 cm³/mol. The summed E-state index contributed by atoms with van der Waals surface area (Å²) < 4.78 is 2.01. The van der Waals surface area contributed by atoms with Crippen LogP contribution in [-0.2, 0) is 13.5 Å². The van der Waals surface area contributed by atoms with Gasteiger partial charge in [0.15, 0.2) is 0 Å². The smallest absolute Gasteiger partial charge is 0.0709 e. The van der Waals surface area contributed by atoms with Crippen molar-refractivity contribution in [2.24, 2.45) is 18.4 Å². The van der Waals surface area contributed by atoms with Gasteiger partial charge in [0, 0.05) is 37.4 Å². The average Bonchev–Trinajstić information content (AvgIpc) is 2.64. The molecule has 0 amide bonds. The Balaban J connectivity index is 1.92. The van der Waals surface area contributed by atoms with E-state index in [1.807, 2.05) is 11.7 Å². The molecule has 3 heteroatoms. The highest BCUT2D eigenvalue weighted by Gasteiger charge is 2.38. The predicted octanol–water partition coefficient (Wildman–Crippen LogP) is 2.75. The van der Waals surface area contributed by atoms with Gasteiger partial charge in [-0.3, -0.25) is 4.68 Å². The zero-order valence-corrected chi connectivity index (χ0v) is 12.1. The number of benzene rings is 1. The van der Waals surface area contributed by atoms with Gasteiger partial charge in [-0.1, -0.05) is 32.0 Å². The Morgan fingerprint density at radius 1 is 1.32 bits per heavy atom. The Labute approximate surface area is 115 Å². The topological polar surface area (TPSA) is 29.9 Å². The van der Waals surface area contributed by atoms with E-state index in [2.05, 4.69) is 43.4 Å². The van der Waals surface area contributed by atoms with Crippen LogP contribution in [0.4, 0.5) is 0 Å². The highest BCUT2D eigenvalue weighted by atomic mass is 15.3. The van der Waals surface area contributed by atoms with E-state index >= 15 is 0 Å². The van der Waals surface area contributed by atoms with Gasteiger partial charge in [0.1, 0.15) is 0 Å². The summed E-state index contributed by atoms with van der Waals surface area (Å²) in [4.78, 5) is 0. The summed E-state index contributed by atoms with van der Waals surface area (Å²) in [5.41, 5.74) is 2.93. The minimum Gasteiger partial charge on any atom is -0.316 e. The Morgan fingerprint density at radius 3 is 2.68 bits per heavy atom. The van der Waals surface area contributed by atoms with Crippen LogP contribution in [-0.4, -0.2) is 22.9 Å². The third-order valence-electron chi connectivity index (χ3n) is 4.22. The van der Waals surface area contributed by atoms with Gasteiger partial charge in [-0.05, 0) is 18.4 Å². The number of aromatic nitrogens is 2. The second kappa shape index (κ2) is 4.64. The van der Waals surface area contributed by atoms with Crippen molar-refractivity contribution in [1.82, 2.24) is 15.1 Å². The van der Waals surface area contributed by atoms with Crippen LogP contribution in [0.2, 0.25) is 0 Å². The second-order valence-corrected chi connectivity index (χ2v) is 6.47. The van der Waals surface area contributed by atoms with Gasteiger partial charge in [0.25, 0.3) is 0 Å². The maximum Gasteiger partial charge on any atom is 0.0709 e. The molecular formula is C16H23N3. The van der Waals surface area contributed by atoms with E-state index in [1.165, 1.54) is 23.0 Å². The van der Waals surface area contributed by atoms with Crippen LogP contribution in [0, 0.1) is 11.3 Å². The molecule has 1 aliphatic heterocycles. The minimum absolute atomic E-state index is 0.422. The summed E-state index contributed by atoms with van der Waals surface area (Å²) in [6, 6.07) is 8.55. The average molecular weight is 257 g/mol. The summed E-state index contributed by atoms with van der Waals surface area (Å²) in [7, 11) is 2.04. The molecule has 0 spiro atoms.